The summed E-state index contributed by atoms with van der Waals surface area (Å²) >= 11 is 1.39. The Morgan fingerprint density at radius 3 is 2.89 bits per heavy atom. The average Bonchev–Trinajstić information content (AvgIpc) is 2.89. The summed E-state index contributed by atoms with van der Waals surface area (Å²) in [4.78, 5) is 18.9. The van der Waals surface area contributed by atoms with Gasteiger partial charge in [-0.25, -0.2) is 4.99 Å². The topological polar surface area (TPSA) is 53.9 Å². The van der Waals surface area contributed by atoms with Crippen LogP contribution in [0.15, 0.2) is 22.5 Å². The molecule has 0 bridgehead atoms. The first kappa shape index (κ1) is 15.7. The fourth-order valence-electron chi connectivity index (χ4n) is 1.24. The molecule has 0 aliphatic heterocycles. The number of hydrogen-bond acceptors (Lipinski definition) is 5. The molecule has 0 atom stereocenters. The Kier molecular flexibility index (Phi) is 7.14. The van der Waals surface area contributed by atoms with Crippen molar-refractivity contribution in [1.29, 1.82) is 0 Å². The molecular weight excluding hydrogens is 262 g/mol. The molecule has 1 heterocycles. The lowest BCUT2D eigenvalue weighted by atomic mass is 10.4. The van der Waals surface area contributed by atoms with Crippen LogP contribution < -0.4 is 5.32 Å². The first-order valence-electron chi connectivity index (χ1n) is 6.30. The standard InChI is InChI=1S/C13H21N3O2S/c1-4-9-18-13(14-7-8-16(2)3)15-12(17)11-6-5-10-19-11/h5-6,10H,4,7-9H2,1-3H3,(H,14,15,17). The fourth-order valence-corrected chi connectivity index (χ4v) is 1.86. The van der Waals surface area contributed by atoms with E-state index in [0.29, 0.717) is 24.1 Å². The highest BCUT2D eigenvalue weighted by Gasteiger charge is 2.10. The second-order valence-corrected chi connectivity index (χ2v) is 5.22. The third-order valence-corrected chi connectivity index (χ3v) is 3.08. The summed E-state index contributed by atoms with van der Waals surface area (Å²) in [6.45, 7) is 3.97. The molecule has 106 valence electrons. The molecule has 5 nitrogen and oxygen atoms in total. The van der Waals surface area contributed by atoms with Crippen molar-refractivity contribution in [2.24, 2.45) is 4.99 Å². The largest absolute Gasteiger partial charge is 0.465 e. The number of nitrogens with zero attached hydrogens (tertiary/aromatic N) is 2. The van der Waals surface area contributed by atoms with Gasteiger partial charge in [-0.1, -0.05) is 13.0 Å². The number of rotatable bonds is 6. The van der Waals surface area contributed by atoms with Crippen molar-refractivity contribution < 1.29 is 9.53 Å². The van der Waals surface area contributed by atoms with Crippen molar-refractivity contribution >= 4 is 23.3 Å². The first-order chi connectivity index (χ1) is 9.13. The van der Waals surface area contributed by atoms with Gasteiger partial charge in [0.25, 0.3) is 11.9 Å². The Labute approximate surface area is 118 Å². The van der Waals surface area contributed by atoms with Gasteiger partial charge in [-0.2, -0.15) is 0 Å². The smallest absolute Gasteiger partial charge is 0.291 e. The molecule has 1 rings (SSSR count). The zero-order valence-electron chi connectivity index (χ0n) is 11.7. The third-order valence-electron chi connectivity index (χ3n) is 2.21. The number of likely N-dealkylation sites (N-methyl/N-ethyl adjacent to an activating group) is 1. The van der Waals surface area contributed by atoms with Gasteiger partial charge in [0.05, 0.1) is 18.0 Å². The second-order valence-electron chi connectivity index (χ2n) is 4.27. The maximum atomic E-state index is 11.9. The van der Waals surface area contributed by atoms with Gasteiger partial charge in [0, 0.05) is 6.54 Å². The number of ether oxygens (including phenoxy) is 1. The SMILES string of the molecule is CCCOC(=NCCN(C)C)NC(=O)c1cccs1. The van der Waals surface area contributed by atoms with Crippen molar-refractivity contribution in [3.8, 4) is 0 Å². The maximum absolute atomic E-state index is 11.9. The van der Waals surface area contributed by atoms with Crippen LogP contribution >= 0.6 is 11.3 Å². The first-order valence-corrected chi connectivity index (χ1v) is 7.18. The molecule has 1 N–H and O–H groups in total. The summed E-state index contributed by atoms with van der Waals surface area (Å²) in [7, 11) is 3.96. The van der Waals surface area contributed by atoms with Crippen LogP contribution in [-0.2, 0) is 4.74 Å². The van der Waals surface area contributed by atoms with Gasteiger partial charge in [-0.05, 0) is 32.0 Å². The Morgan fingerprint density at radius 1 is 1.53 bits per heavy atom. The van der Waals surface area contributed by atoms with Crippen LogP contribution in [-0.4, -0.2) is 50.6 Å². The quantitative estimate of drug-likeness (QED) is 0.640. The summed E-state index contributed by atoms with van der Waals surface area (Å²) in [5.74, 6) is -0.172. The van der Waals surface area contributed by atoms with Crippen molar-refractivity contribution in [2.75, 3.05) is 33.8 Å². The number of hydrogen-bond donors (Lipinski definition) is 1. The van der Waals surface area contributed by atoms with Gasteiger partial charge in [0.1, 0.15) is 0 Å². The lowest BCUT2D eigenvalue weighted by Gasteiger charge is -2.11. The summed E-state index contributed by atoms with van der Waals surface area (Å²) in [5.41, 5.74) is 0. The number of aliphatic imine (C=N–C) groups is 1. The van der Waals surface area contributed by atoms with Crippen LogP contribution in [0, 0.1) is 0 Å². The predicted octanol–water partition coefficient (Wildman–Crippen LogP) is 1.82. The van der Waals surface area contributed by atoms with Crippen LogP contribution in [0.25, 0.3) is 0 Å². The monoisotopic (exact) mass is 283 g/mol. The molecule has 1 aromatic rings. The highest BCUT2D eigenvalue weighted by atomic mass is 32.1. The molecule has 0 spiro atoms. The zero-order valence-corrected chi connectivity index (χ0v) is 12.5. The van der Waals surface area contributed by atoms with Gasteiger partial charge in [-0.15, -0.1) is 11.3 Å². The van der Waals surface area contributed by atoms with E-state index in [-0.39, 0.29) is 5.91 Å². The lowest BCUT2D eigenvalue weighted by Crippen LogP contribution is -2.33. The van der Waals surface area contributed by atoms with E-state index in [1.807, 2.05) is 37.4 Å². The summed E-state index contributed by atoms with van der Waals surface area (Å²) in [6, 6.07) is 3.93. The number of amides is 1. The van der Waals surface area contributed by atoms with Crippen LogP contribution in [0.2, 0.25) is 0 Å². The Bertz CT molecular complexity index is 402. The Morgan fingerprint density at radius 2 is 2.32 bits per heavy atom. The maximum Gasteiger partial charge on any atom is 0.291 e. The molecular formula is C13H21N3O2S. The van der Waals surface area contributed by atoms with Crippen molar-refractivity contribution in [3.63, 3.8) is 0 Å². The molecule has 1 amide bonds. The number of carbonyl (C=O) groups excluding carboxylic acids is 1. The lowest BCUT2D eigenvalue weighted by molar-refractivity contribution is 0.0969. The van der Waals surface area contributed by atoms with Crippen LogP contribution in [0.4, 0.5) is 0 Å². The van der Waals surface area contributed by atoms with E-state index in [2.05, 4.69) is 10.3 Å². The molecule has 1 aromatic heterocycles. The molecule has 6 heteroatoms. The summed E-state index contributed by atoms with van der Waals surface area (Å²) < 4.78 is 5.45. The van der Waals surface area contributed by atoms with E-state index in [1.54, 1.807) is 6.07 Å². The van der Waals surface area contributed by atoms with E-state index >= 15 is 0 Å². The highest BCUT2D eigenvalue weighted by molar-refractivity contribution is 7.12. The minimum Gasteiger partial charge on any atom is -0.465 e. The van der Waals surface area contributed by atoms with Crippen LogP contribution in [0.3, 0.4) is 0 Å². The molecule has 0 radical (unpaired) electrons. The number of thiophene rings is 1. The van der Waals surface area contributed by atoms with Gasteiger partial charge in [-0.3, -0.25) is 10.1 Å². The van der Waals surface area contributed by atoms with Crippen molar-refractivity contribution in [1.82, 2.24) is 10.2 Å². The average molecular weight is 283 g/mol. The van der Waals surface area contributed by atoms with E-state index in [0.717, 1.165) is 13.0 Å². The molecule has 0 aliphatic carbocycles. The zero-order chi connectivity index (χ0) is 14.1. The van der Waals surface area contributed by atoms with Crippen LogP contribution in [0.5, 0.6) is 0 Å². The second kappa shape index (κ2) is 8.66. The summed E-state index contributed by atoms with van der Waals surface area (Å²) in [5, 5.41) is 4.57. The fraction of sp³-hybridized carbons (Fsp3) is 0.538. The highest BCUT2D eigenvalue weighted by Crippen LogP contribution is 2.07. The predicted molar refractivity (Wildman–Crippen MR) is 78.9 cm³/mol. The minimum atomic E-state index is -0.172. The molecule has 0 saturated carbocycles. The van der Waals surface area contributed by atoms with Gasteiger partial charge < -0.3 is 9.64 Å². The Hall–Kier alpha value is -1.40. The molecule has 19 heavy (non-hydrogen) atoms. The number of carbonyl (C=O) groups is 1. The van der Waals surface area contributed by atoms with Gasteiger partial charge in [0.2, 0.25) is 0 Å². The van der Waals surface area contributed by atoms with Crippen molar-refractivity contribution in [2.45, 2.75) is 13.3 Å². The van der Waals surface area contributed by atoms with E-state index in [9.17, 15) is 4.79 Å². The third kappa shape index (κ3) is 6.35. The number of amidine groups is 1. The molecule has 0 aliphatic rings. The minimum absolute atomic E-state index is 0.172. The summed E-state index contributed by atoms with van der Waals surface area (Å²) in [6.07, 6.45) is 0.877. The van der Waals surface area contributed by atoms with Crippen molar-refractivity contribution in [3.05, 3.63) is 22.4 Å². The van der Waals surface area contributed by atoms with E-state index in [4.69, 9.17) is 4.74 Å². The number of nitrogens with one attached hydrogen (secondary N) is 1. The van der Waals surface area contributed by atoms with Gasteiger partial charge in [0.15, 0.2) is 0 Å². The Balaban J connectivity index is 2.55. The van der Waals surface area contributed by atoms with E-state index < -0.39 is 0 Å². The van der Waals surface area contributed by atoms with Gasteiger partial charge >= 0.3 is 0 Å². The normalized spacial score (nSPS) is 11.7. The molecule has 0 aromatic carbocycles. The molecule has 0 fully saturated rings. The van der Waals surface area contributed by atoms with E-state index in [1.165, 1.54) is 11.3 Å². The molecule has 0 unspecified atom stereocenters. The van der Waals surface area contributed by atoms with Crippen LogP contribution in [0.1, 0.15) is 23.0 Å². The molecule has 0 saturated heterocycles.